The molecule has 6 nitrogen and oxygen atoms in total. The van der Waals surface area contributed by atoms with Gasteiger partial charge in [0.1, 0.15) is 10.7 Å². The van der Waals surface area contributed by atoms with Crippen molar-refractivity contribution < 1.29 is 4.79 Å². The second-order valence-electron chi connectivity index (χ2n) is 5.71. The Morgan fingerprint density at radius 3 is 2.80 bits per heavy atom. The molecule has 1 saturated heterocycles. The molecule has 1 aliphatic heterocycles. The number of nitrogens with zero attached hydrogens (tertiary/aromatic N) is 3. The third-order valence-electron chi connectivity index (χ3n) is 3.66. The molecule has 0 aromatic carbocycles. The molecule has 2 heterocycles. The average Bonchev–Trinajstić information content (AvgIpc) is 2.75. The van der Waals surface area contributed by atoms with Gasteiger partial charge in [-0.1, -0.05) is 18.3 Å². The number of carbonyl (C=O) groups excluding carboxylic acids is 1. The highest BCUT2D eigenvalue weighted by Crippen LogP contribution is 2.27. The van der Waals surface area contributed by atoms with Crippen molar-refractivity contribution in [2.75, 3.05) is 44.9 Å². The van der Waals surface area contributed by atoms with E-state index < -0.39 is 0 Å². The molecule has 0 bridgehead atoms. The molecule has 1 fully saturated rings. The van der Waals surface area contributed by atoms with Crippen molar-refractivity contribution in [2.45, 2.75) is 19.4 Å². The number of thiazole rings is 1. The molecule has 7 heteroatoms. The van der Waals surface area contributed by atoms with Crippen LogP contribution in [-0.2, 0) is 0 Å². The van der Waals surface area contributed by atoms with E-state index >= 15 is 0 Å². The van der Waals surface area contributed by atoms with Crippen molar-refractivity contribution in [1.82, 2.24) is 15.2 Å². The molecule has 1 amide bonds. The second kappa shape index (κ2) is 5.97. The molecule has 0 radical (unpaired) electrons. The normalized spacial score (nSPS) is 23.6. The van der Waals surface area contributed by atoms with Gasteiger partial charge in [0, 0.05) is 26.7 Å². The number of carbonyl (C=O) groups is 1. The van der Waals surface area contributed by atoms with Gasteiger partial charge in [-0.05, 0) is 25.9 Å². The summed E-state index contributed by atoms with van der Waals surface area (Å²) in [5.41, 5.74) is 5.85. The first kappa shape index (κ1) is 15.1. The number of piperidine rings is 1. The van der Waals surface area contributed by atoms with E-state index in [0.29, 0.717) is 16.6 Å². The zero-order chi connectivity index (χ0) is 14.9. The van der Waals surface area contributed by atoms with Crippen LogP contribution in [0.5, 0.6) is 0 Å². The Bertz CT molecular complexity index is 487. The molecule has 3 N–H and O–H groups in total. The smallest absolute Gasteiger partial charge is 0.265 e. The van der Waals surface area contributed by atoms with Crippen molar-refractivity contribution >= 4 is 28.2 Å². The number of nitrogen functional groups attached to an aromatic ring is 1. The summed E-state index contributed by atoms with van der Waals surface area (Å²) in [6, 6.07) is 0.211. The molecular weight excluding hydrogens is 274 g/mol. The van der Waals surface area contributed by atoms with Crippen LogP contribution in [-0.4, -0.2) is 56.1 Å². The zero-order valence-electron chi connectivity index (χ0n) is 12.5. The maximum Gasteiger partial charge on any atom is 0.265 e. The van der Waals surface area contributed by atoms with E-state index in [4.69, 9.17) is 5.73 Å². The largest absolute Gasteiger partial charge is 0.382 e. The van der Waals surface area contributed by atoms with Gasteiger partial charge in [-0.25, -0.2) is 4.98 Å². The molecule has 2 rings (SSSR count). The van der Waals surface area contributed by atoms with Crippen LogP contribution in [0.15, 0.2) is 0 Å². The average molecular weight is 297 g/mol. The van der Waals surface area contributed by atoms with Crippen LogP contribution in [0.3, 0.4) is 0 Å². The fourth-order valence-corrected chi connectivity index (χ4v) is 3.29. The molecule has 0 spiro atoms. The Morgan fingerprint density at radius 1 is 1.55 bits per heavy atom. The van der Waals surface area contributed by atoms with Crippen LogP contribution < -0.4 is 16.0 Å². The summed E-state index contributed by atoms with van der Waals surface area (Å²) < 4.78 is 0. The van der Waals surface area contributed by atoms with Crippen molar-refractivity contribution in [3.8, 4) is 0 Å². The number of nitrogens with one attached hydrogen (secondary N) is 1. The minimum absolute atomic E-state index is 0.102. The lowest BCUT2D eigenvalue weighted by atomic mass is 9.94. The Hall–Kier alpha value is -1.34. The molecule has 0 aliphatic carbocycles. The lowest BCUT2D eigenvalue weighted by Gasteiger charge is -2.35. The van der Waals surface area contributed by atoms with Crippen molar-refractivity contribution in [2.24, 2.45) is 5.92 Å². The van der Waals surface area contributed by atoms with Gasteiger partial charge < -0.3 is 20.9 Å². The number of anilines is 2. The highest BCUT2D eigenvalue weighted by molar-refractivity contribution is 7.18. The minimum Gasteiger partial charge on any atom is -0.382 e. The third-order valence-corrected chi connectivity index (χ3v) is 4.89. The predicted molar refractivity (Wildman–Crippen MR) is 83.4 cm³/mol. The zero-order valence-corrected chi connectivity index (χ0v) is 13.3. The van der Waals surface area contributed by atoms with Gasteiger partial charge >= 0.3 is 0 Å². The van der Waals surface area contributed by atoms with E-state index in [1.165, 1.54) is 11.3 Å². The van der Waals surface area contributed by atoms with Gasteiger partial charge in [0.25, 0.3) is 5.91 Å². The summed E-state index contributed by atoms with van der Waals surface area (Å²) >= 11 is 1.33. The van der Waals surface area contributed by atoms with Crippen LogP contribution in [0, 0.1) is 5.92 Å². The second-order valence-corrected chi connectivity index (χ2v) is 6.69. The Morgan fingerprint density at radius 2 is 2.25 bits per heavy atom. The number of nitrogens with two attached hydrogens (primary N) is 1. The van der Waals surface area contributed by atoms with Gasteiger partial charge in [0.15, 0.2) is 5.13 Å². The van der Waals surface area contributed by atoms with Crippen LogP contribution in [0.4, 0.5) is 10.9 Å². The van der Waals surface area contributed by atoms with Gasteiger partial charge in [0.2, 0.25) is 0 Å². The van der Waals surface area contributed by atoms with Gasteiger partial charge in [-0.15, -0.1) is 0 Å². The van der Waals surface area contributed by atoms with Crippen molar-refractivity contribution in [3.63, 3.8) is 0 Å². The van der Waals surface area contributed by atoms with Crippen LogP contribution in [0.2, 0.25) is 0 Å². The van der Waals surface area contributed by atoms with E-state index in [-0.39, 0.29) is 11.9 Å². The minimum atomic E-state index is -0.102. The topological polar surface area (TPSA) is 74.5 Å². The van der Waals surface area contributed by atoms with Crippen LogP contribution in [0.25, 0.3) is 0 Å². The van der Waals surface area contributed by atoms with Crippen LogP contribution >= 0.6 is 11.3 Å². The Kier molecular flexibility index (Phi) is 4.49. The van der Waals surface area contributed by atoms with E-state index in [2.05, 4.69) is 29.2 Å². The third kappa shape index (κ3) is 3.21. The Balaban J connectivity index is 2.05. The molecule has 1 aromatic heterocycles. The molecular formula is C13H23N5OS. The van der Waals surface area contributed by atoms with Gasteiger partial charge in [0.05, 0.1) is 0 Å². The number of rotatable bonds is 3. The highest BCUT2D eigenvalue weighted by atomic mass is 32.1. The summed E-state index contributed by atoms with van der Waals surface area (Å²) in [6.07, 6.45) is 0.975. The molecule has 112 valence electrons. The predicted octanol–water partition coefficient (Wildman–Crippen LogP) is 0.861. The fourth-order valence-electron chi connectivity index (χ4n) is 2.48. The lowest BCUT2D eigenvalue weighted by Crippen LogP contribution is -2.48. The molecule has 0 saturated carbocycles. The number of hydrogen-bond donors (Lipinski definition) is 2. The highest BCUT2D eigenvalue weighted by Gasteiger charge is 2.27. The number of likely N-dealkylation sites (tertiary alicyclic amines) is 1. The first-order valence-electron chi connectivity index (χ1n) is 6.81. The molecule has 1 aromatic rings. The summed E-state index contributed by atoms with van der Waals surface area (Å²) in [5.74, 6) is 0.659. The molecule has 2 atom stereocenters. The number of amides is 1. The van der Waals surface area contributed by atoms with Crippen molar-refractivity contribution in [1.29, 1.82) is 0 Å². The molecule has 2 unspecified atom stereocenters. The first-order valence-corrected chi connectivity index (χ1v) is 7.63. The number of aromatic nitrogens is 1. The van der Waals surface area contributed by atoms with Gasteiger partial charge in [-0.2, -0.15) is 0 Å². The maximum atomic E-state index is 12.3. The Labute approximate surface area is 124 Å². The number of hydrogen-bond acceptors (Lipinski definition) is 6. The summed E-state index contributed by atoms with van der Waals surface area (Å²) in [4.78, 5) is 21.2. The van der Waals surface area contributed by atoms with Crippen LogP contribution in [0.1, 0.15) is 23.0 Å². The van der Waals surface area contributed by atoms with E-state index in [1.807, 2.05) is 19.0 Å². The quantitative estimate of drug-likeness (QED) is 0.865. The van der Waals surface area contributed by atoms with Gasteiger partial charge in [-0.3, -0.25) is 4.79 Å². The summed E-state index contributed by atoms with van der Waals surface area (Å²) in [6.45, 7) is 4.18. The molecule has 1 aliphatic rings. The first-order chi connectivity index (χ1) is 9.38. The lowest BCUT2D eigenvalue weighted by molar-refractivity contribution is 0.0888. The standard InChI is InChI=1S/C13H23N5OS/c1-8-7-18(4)6-5-9(8)15-12(19)10-11(14)16-13(20-10)17(2)3/h8-9H,5-7,14H2,1-4H3,(H,15,19). The summed E-state index contributed by atoms with van der Waals surface area (Å²) in [7, 11) is 5.89. The van der Waals surface area contributed by atoms with E-state index in [0.717, 1.165) is 24.6 Å². The fraction of sp³-hybridized carbons (Fsp3) is 0.692. The monoisotopic (exact) mass is 297 g/mol. The van der Waals surface area contributed by atoms with E-state index in [9.17, 15) is 4.79 Å². The van der Waals surface area contributed by atoms with Crippen molar-refractivity contribution in [3.05, 3.63) is 4.88 Å². The van der Waals surface area contributed by atoms with E-state index in [1.54, 1.807) is 0 Å². The molecule has 20 heavy (non-hydrogen) atoms. The maximum absolute atomic E-state index is 12.3. The summed E-state index contributed by atoms with van der Waals surface area (Å²) in [5, 5.41) is 3.86. The SMILES string of the molecule is CC1CN(C)CCC1NC(=O)c1sc(N(C)C)nc1N.